The van der Waals surface area contributed by atoms with E-state index in [-0.39, 0.29) is 12.1 Å². The van der Waals surface area contributed by atoms with Crippen LogP contribution in [0.4, 0.5) is 0 Å². The first kappa shape index (κ1) is 15.2. The van der Waals surface area contributed by atoms with Crippen LogP contribution < -0.4 is 5.73 Å². The molecule has 2 unspecified atom stereocenters. The van der Waals surface area contributed by atoms with Crippen LogP contribution >= 0.6 is 0 Å². The zero-order valence-corrected chi connectivity index (χ0v) is 12.1. The van der Waals surface area contributed by atoms with Crippen LogP contribution in [0, 0.1) is 6.92 Å². The fraction of sp³-hybridized carbons (Fsp3) is 0.600. The van der Waals surface area contributed by atoms with E-state index in [1.807, 2.05) is 27.8 Å². The summed E-state index contributed by atoms with van der Waals surface area (Å²) in [5.41, 5.74) is 7.84. The van der Waals surface area contributed by atoms with Crippen molar-refractivity contribution in [3.05, 3.63) is 35.4 Å². The van der Waals surface area contributed by atoms with E-state index in [0.29, 0.717) is 6.54 Å². The van der Waals surface area contributed by atoms with Crippen molar-refractivity contribution in [1.82, 2.24) is 4.90 Å². The van der Waals surface area contributed by atoms with Crippen LogP contribution in [-0.2, 0) is 0 Å². The molecule has 1 aromatic carbocycles. The number of hydrogen-bond donors (Lipinski definition) is 2. The minimum atomic E-state index is -0.717. The van der Waals surface area contributed by atoms with E-state index in [0.717, 1.165) is 0 Å². The van der Waals surface area contributed by atoms with Gasteiger partial charge >= 0.3 is 0 Å². The SMILES string of the molecule is Cc1cccc(C(C(C)N)N(C)CC(C)(C)O)c1. The van der Waals surface area contributed by atoms with Crippen LogP contribution in [0.3, 0.4) is 0 Å². The molecule has 0 amide bonds. The van der Waals surface area contributed by atoms with Crippen LogP contribution in [0.1, 0.15) is 37.9 Å². The molecule has 2 atom stereocenters. The fourth-order valence-corrected chi connectivity index (χ4v) is 2.52. The van der Waals surface area contributed by atoms with Crippen molar-refractivity contribution in [3.8, 4) is 0 Å². The number of hydrogen-bond acceptors (Lipinski definition) is 3. The van der Waals surface area contributed by atoms with Crippen LogP contribution in [0.15, 0.2) is 24.3 Å². The molecule has 0 saturated heterocycles. The van der Waals surface area contributed by atoms with Gasteiger partial charge in [-0.15, -0.1) is 0 Å². The average Bonchev–Trinajstić information content (AvgIpc) is 2.13. The van der Waals surface area contributed by atoms with Crippen molar-refractivity contribution in [1.29, 1.82) is 0 Å². The molecule has 1 aromatic rings. The molecule has 0 radical (unpaired) electrons. The maximum atomic E-state index is 9.94. The zero-order valence-electron chi connectivity index (χ0n) is 12.1. The minimum absolute atomic E-state index is 0.0131. The Morgan fingerprint density at radius 3 is 2.44 bits per heavy atom. The van der Waals surface area contributed by atoms with E-state index in [1.54, 1.807) is 0 Å². The second-order valence-electron chi connectivity index (χ2n) is 5.95. The Kier molecular flexibility index (Phi) is 4.91. The first-order chi connectivity index (χ1) is 8.20. The monoisotopic (exact) mass is 250 g/mol. The Balaban J connectivity index is 2.96. The molecule has 1 rings (SSSR count). The van der Waals surface area contributed by atoms with E-state index in [1.165, 1.54) is 11.1 Å². The molecule has 0 fully saturated rings. The summed E-state index contributed by atoms with van der Waals surface area (Å²) < 4.78 is 0. The number of rotatable bonds is 5. The Morgan fingerprint density at radius 1 is 1.39 bits per heavy atom. The average molecular weight is 250 g/mol. The third-order valence-corrected chi connectivity index (χ3v) is 2.99. The molecule has 3 nitrogen and oxygen atoms in total. The summed E-state index contributed by atoms with van der Waals surface area (Å²) in [5, 5.41) is 9.94. The maximum absolute atomic E-state index is 9.94. The number of aryl methyl sites for hydroxylation is 1. The zero-order chi connectivity index (χ0) is 13.9. The molecule has 0 saturated carbocycles. The molecule has 0 heterocycles. The Hall–Kier alpha value is -0.900. The van der Waals surface area contributed by atoms with Crippen LogP contribution in [-0.4, -0.2) is 35.2 Å². The maximum Gasteiger partial charge on any atom is 0.0718 e. The molecular weight excluding hydrogens is 224 g/mol. The van der Waals surface area contributed by atoms with Gasteiger partial charge in [-0.3, -0.25) is 4.90 Å². The van der Waals surface area contributed by atoms with Gasteiger partial charge in [0.25, 0.3) is 0 Å². The minimum Gasteiger partial charge on any atom is -0.389 e. The summed E-state index contributed by atoms with van der Waals surface area (Å²) in [6, 6.07) is 8.53. The third kappa shape index (κ3) is 4.41. The van der Waals surface area contributed by atoms with Crippen molar-refractivity contribution in [2.45, 2.75) is 45.4 Å². The van der Waals surface area contributed by atoms with Crippen LogP contribution in [0.25, 0.3) is 0 Å². The lowest BCUT2D eigenvalue weighted by Crippen LogP contribution is -2.44. The number of aliphatic hydroxyl groups is 1. The molecular formula is C15H26N2O. The normalized spacial score (nSPS) is 15.8. The molecule has 102 valence electrons. The highest BCUT2D eigenvalue weighted by Gasteiger charge is 2.25. The number of nitrogens with zero attached hydrogens (tertiary/aromatic N) is 1. The van der Waals surface area contributed by atoms with Crippen LogP contribution in [0.5, 0.6) is 0 Å². The fourth-order valence-electron chi connectivity index (χ4n) is 2.52. The molecule has 0 bridgehead atoms. The largest absolute Gasteiger partial charge is 0.389 e. The third-order valence-electron chi connectivity index (χ3n) is 2.99. The first-order valence-electron chi connectivity index (χ1n) is 6.45. The standard InChI is InChI=1S/C15H26N2O/c1-11-7-6-8-13(9-11)14(12(2)16)17(5)10-15(3,4)18/h6-9,12,14,18H,10,16H2,1-5H3. The summed E-state index contributed by atoms with van der Waals surface area (Å²) in [4.78, 5) is 2.12. The topological polar surface area (TPSA) is 49.5 Å². The van der Waals surface area contributed by atoms with E-state index < -0.39 is 5.60 Å². The predicted molar refractivity (Wildman–Crippen MR) is 76.5 cm³/mol. The van der Waals surface area contributed by atoms with Gasteiger partial charge in [-0.2, -0.15) is 0 Å². The Labute approximate surface area is 111 Å². The van der Waals surface area contributed by atoms with E-state index in [4.69, 9.17) is 5.73 Å². The van der Waals surface area contributed by atoms with Gasteiger partial charge in [0, 0.05) is 18.6 Å². The van der Waals surface area contributed by atoms with Gasteiger partial charge in [-0.25, -0.2) is 0 Å². The second-order valence-corrected chi connectivity index (χ2v) is 5.95. The van der Waals surface area contributed by atoms with Crippen molar-refractivity contribution < 1.29 is 5.11 Å². The smallest absolute Gasteiger partial charge is 0.0718 e. The number of likely N-dealkylation sites (N-methyl/N-ethyl adjacent to an activating group) is 1. The molecule has 3 heteroatoms. The van der Waals surface area contributed by atoms with Gasteiger partial charge in [0.05, 0.1) is 5.60 Å². The lowest BCUT2D eigenvalue weighted by molar-refractivity contribution is 0.0278. The Morgan fingerprint density at radius 2 is 2.00 bits per heavy atom. The predicted octanol–water partition coefficient (Wildman–Crippen LogP) is 2.09. The first-order valence-corrected chi connectivity index (χ1v) is 6.45. The van der Waals surface area contributed by atoms with E-state index >= 15 is 0 Å². The van der Waals surface area contributed by atoms with Crippen molar-refractivity contribution >= 4 is 0 Å². The quantitative estimate of drug-likeness (QED) is 0.841. The van der Waals surface area contributed by atoms with Gasteiger partial charge in [-0.05, 0) is 40.3 Å². The number of nitrogens with two attached hydrogens (primary N) is 1. The molecule has 3 N–H and O–H groups in total. The number of benzene rings is 1. The molecule has 0 aromatic heterocycles. The van der Waals surface area contributed by atoms with Gasteiger partial charge in [0.1, 0.15) is 0 Å². The summed E-state index contributed by atoms with van der Waals surface area (Å²) in [7, 11) is 2.01. The summed E-state index contributed by atoms with van der Waals surface area (Å²) in [6.07, 6.45) is 0. The molecule has 0 aliphatic rings. The van der Waals surface area contributed by atoms with Gasteiger partial charge < -0.3 is 10.8 Å². The van der Waals surface area contributed by atoms with E-state index in [2.05, 4.69) is 36.1 Å². The van der Waals surface area contributed by atoms with Gasteiger partial charge in [0.15, 0.2) is 0 Å². The van der Waals surface area contributed by atoms with Crippen LogP contribution in [0.2, 0.25) is 0 Å². The lowest BCUT2D eigenvalue weighted by atomic mass is 9.96. The van der Waals surface area contributed by atoms with Gasteiger partial charge in [0.2, 0.25) is 0 Å². The van der Waals surface area contributed by atoms with Crippen molar-refractivity contribution in [2.24, 2.45) is 5.73 Å². The van der Waals surface area contributed by atoms with Crippen molar-refractivity contribution in [3.63, 3.8) is 0 Å². The molecule has 0 spiro atoms. The van der Waals surface area contributed by atoms with Gasteiger partial charge in [-0.1, -0.05) is 29.8 Å². The molecule has 0 aliphatic carbocycles. The summed E-state index contributed by atoms with van der Waals surface area (Å²) in [6.45, 7) is 8.31. The van der Waals surface area contributed by atoms with E-state index in [9.17, 15) is 5.11 Å². The lowest BCUT2D eigenvalue weighted by Gasteiger charge is -2.35. The molecule has 18 heavy (non-hydrogen) atoms. The summed E-state index contributed by atoms with van der Waals surface area (Å²) in [5.74, 6) is 0. The Bertz CT molecular complexity index is 382. The highest BCUT2D eigenvalue weighted by molar-refractivity contribution is 5.26. The van der Waals surface area contributed by atoms with Crippen molar-refractivity contribution in [2.75, 3.05) is 13.6 Å². The highest BCUT2D eigenvalue weighted by Crippen LogP contribution is 2.24. The second kappa shape index (κ2) is 5.83. The molecule has 0 aliphatic heterocycles. The highest BCUT2D eigenvalue weighted by atomic mass is 16.3. The summed E-state index contributed by atoms with van der Waals surface area (Å²) >= 11 is 0.